The van der Waals surface area contributed by atoms with E-state index in [4.69, 9.17) is 0 Å². The lowest BCUT2D eigenvalue weighted by molar-refractivity contribution is -0.0496. The number of alkyl halides is 3. The van der Waals surface area contributed by atoms with Gasteiger partial charge in [0.1, 0.15) is 0 Å². The van der Waals surface area contributed by atoms with Gasteiger partial charge in [-0.25, -0.2) is 8.42 Å². The van der Waals surface area contributed by atoms with E-state index in [-0.39, 0.29) is 19.0 Å². The van der Waals surface area contributed by atoms with Crippen LogP contribution in [0.15, 0.2) is 23.3 Å². The number of nitrogens with one attached hydrogen (secondary N) is 1. The average molecular weight is 424 g/mol. The third kappa shape index (κ3) is 5.40. The van der Waals surface area contributed by atoms with Crippen LogP contribution in [0.2, 0.25) is 0 Å². The first-order valence-electron chi connectivity index (χ1n) is 9.22. The number of aryl methyl sites for hydroxylation is 1. The summed E-state index contributed by atoms with van der Waals surface area (Å²) < 4.78 is 63.5. The lowest BCUT2D eigenvalue weighted by atomic mass is 9.98. The minimum atomic E-state index is -5.24. The molecule has 1 saturated heterocycles. The van der Waals surface area contributed by atoms with Crippen LogP contribution in [0.5, 0.6) is 0 Å². The summed E-state index contributed by atoms with van der Waals surface area (Å²) in [5.74, 6) is 0.769. The van der Waals surface area contributed by atoms with Gasteiger partial charge in [-0.3, -0.25) is 4.99 Å². The zero-order valence-corrected chi connectivity index (χ0v) is 17.2. The molecule has 1 N–H and O–H groups in total. The van der Waals surface area contributed by atoms with Gasteiger partial charge in [0, 0.05) is 52.2 Å². The van der Waals surface area contributed by atoms with Gasteiger partial charge in [-0.1, -0.05) is 0 Å². The number of sulfonamides is 1. The van der Waals surface area contributed by atoms with Crippen LogP contribution in [0.4, 0.5) is 13.2 Å². The van der Waals surface area contributed by atoms with E-state index >= 15 is 0 Å². The molecule has 2 rings (SSSR count). The highest BCUT2D eigenvalue weighted by Crippen LogP contribution is 2.30. The van der Waals surface area contributed by atoms with Gasteiger partial charge in [0.2, 0.25) is 0 Å². The Balaban J connectivity index is 1.94. The van der Waals surface area contributed by atoms with E-state index in [1.165, 1.54) is 0 Å². The molecule has 0 spiro atoms. The molecule has 2 heterocycles. The molecule has 0 bridgehead atoms. The molecule has 1 aromatic rings. The van der Waals surface area contributed by atoms with E-state index in [0.29, 0.717) is 42.7 Å². The second-order valence-corrected chi connectivity index (χ2v) is 8.88. The molecule has 0 atom stereocenters. The number of nitrogens with zero attached hydrogens (tertiary/aromatic N) is 4. The number of aliphatic imine (C=N–C) groups is 1. The van der Waals surface area contributed by atoms with E-state index < -0.39 is 15.5 Å². The molecular formula is C17H28F3N5O2S. The van der Waals surface area contributed by atoms with Crippen LogP contribution in [0.25, 0.3) is 0 Å². The molecule has 0 aliphatic carbocycles. The third-order valence-corrected chi connectivity index (χ3v) is 6.48. The zero-order chi connectivity index (χ0) is 20.9. The summed E-state index contributed by atoms with van der Waals surface area (Å²) >= 11 is 0. The van der Waals surface area contributed by atoms with Crippen molar-refractivity contribution in [2.45, 2.75) is 31.8 Å². The predicted octanol–water partition coefficient (Wildman–Crippen LogP) is 1.98. The lowest BCUT2D eigenvalue weighted by Crippen LogP contribution is -2.45. The van der Waals surface area contributed by atoms with Crippen molar-refractivity contribution in [3.8, 4) is 0 Å². The fraction of sp³-hybridized carbons (Fsp3) is 0.706. The summed E-state index contributed by atoms with van der Waals surface area (Å²) in [6.07, 6.45) is 2.69. The predicted molar refractivity (Wildman–Crippen MR) is 102 cm³/mol. The van der Waals surface area contributed by atoms with Gasteiger partial charge in [-0.15, -0.1) is 0 Å². The van der Waals surface area contributed by atoms with Gasteiger partial charge in [-0.05, 0) is 37.8 Å². The van der Waals surface area contributed by atoms with Crippen molar-refractivity contribution >= 4 is 16.0 Å². The Bertz CT molecular complexity index is 768. The molecule has 1 aliphatic rings. The topological polar surface area (TPSA) is 69.9 Å². The van der Waals surface area contributed by atoms with Crippen molar-refractivity contribution in [3.63, 3.8) is 0 Å². The molecule has 28 heavy (non-hydrogen) atoms. The Labute approximate surface area is 164 Å². The van der Waals surface area contributed by atoms with Gasteiger partial charge in [-0.2, -0.15) is 17.5 Å². The van der Waals surface area contributed by atoms with Crippen molar-refractivity contribution in [3.05, 3.63) is 24.0 Å². The van der Waals surface area contributed by atoms with Crippen molar-refractivity contribution in [2.24, 2.45) is 18.0 Å². The van der Waals surface area contributed by atoms with Crippen molar-refractivity contribution in [1.82, 2.24) is 19.1 Å². The Morgan fingerprint density at radius 1 is 1.36 bits per heavy atom. The molecule has 160 valence electrons. The summed E-state index contributed by atoms with van der Waals surface area (Å²) in [6.45, 7) is 3.51. The van der Waals surface area contributed by atoms with Gasteiger partial charge < -0.3 is 14.8 Å². The smallest absolute Gasteiger partial charge is 0.357 e. The minimum Gasteiger partial charge on any atom is -0.357 e. The lowest BCUT2D eigenvalue weighted by Gasteiger charge is -2.31. The highest BCUT2D eigenvalue weighted by Gasteiger charge is 2.50. The maximum atomic E-state index is 12.7. The quantitative estimate of drug-likeness (QED) is 0.561. The molecule has 1 aliphatic heterocycles. The molecule has 0 aromatic carbocycles. The molecule has 7 nitrogen and oxygen atoms in total. The minimum absolute atomic E-state index is 0.0526. The molecule has 0 amide bonds. The molecule has 11 heteroatoms. The molecule has 1 fully saturated rings. The van der Waals surface area contributed by atoms with Crippen LogP contribution in [-0.4, -0.2) is 66.9 Å². The number of halogens is 3. The Kier molecular flexibility index (Phi) is 7.38. The van der Waals surface area contributed by atoms with Crippen LogP contribution in [0.3, 0.4) is 0 Å². The highest BCUT2D eigenvalue weighted by molar-refractivity contribution is 7.90. The van der Waals surface area contributed by atoms with E-state index in [1.54, 1.807) is 0 Å². The summed E-state index contributed by atoms with van der Waals surface area (Å²) in [6, 6.07) is 3.99. The van der Waals surface area contributed by atoms with E-state index in [1.807, 2.05) is 48.8 Å². The fourth-order valence-corrected chi connectivity index (χ4v) is 4.13. The second kappa shape index (κ2) is 9.17. The van der Waals surface area contributed by atoms with Gasteiger partial charge >= 0.3 is 15.5 Å². The van der Waals surface area contributed by atoms with Crippen LogP contribution in [0, 0.1) is 5.92 Å². The standard InChI is InChI=1S/C17H28F3N5O2S/c1-4-21-16(24(3)13-15-6-5-9-23(15)2)22-12-14-7-10-25(11-8-14)28(26,27)17(18,19)20/h5-6,9,14H,4,7-8,10-13H2,1-3H3,(H,21,22). The Hall–Kier alpha value is -1.75. The first-order valence-corrected chi connectivity index (χ1v) is 10.7. The third-order valence-electron chi connectivity index (χ3n) is 4.85. The van der Waals surface area contributed by atoms with Crippen LogP contribution < -0.4 is 5.32 Å². The Morgan fingerprint density at radius 2 is 2.00 bits per heavy atom. The van der Waals surface area contributed by atoms with Gasteiger partial charge in [0.05, 0.1) is 6.54 Å². The second-order valence-electron chi connectivity index (χ2n) is 6.95. The van der Waals surface area contributed by atoms with Gasteiger partial charge in [0.25, 0.3) is 0 Å². The molecule has 1 aromatic heterocycles. The normalized spacial score (nSPS) is 17.7. The van der Waals surface area contributed by atoms with E-state index in [2.05, 4.69) is 10.3 Å². The van der Waals surface area contributed by atoms with E-state index in [0.717, 1.165) is 5.69 Å². The summed E-state index contributed by atoms with van der Waals surface area (Å²) in [5, 5.41) is 3.22. The average Bonchev–Trinajstić information content (AvgIpc) is 3.02. The van der Waals surface area contributed by atoms with Gasteiger partial charge in [0.15, 0.2) is 5.96 Å². The van der Waals surface area contributed by atoms with Crippen LogP contribution in [-0.2, 0) is 23.6 Å². The number of piperidine rings is 1. The SMILES string of the molecule is CCNC(=NCC1CCN(S(=O)(=O)C(F)(F)F)CC1)N(C)Cc1cccn1C. The van der Waals surface area contributed by atoms with Crippen molar-refractivity contribution in [2.75, 3.05) is 33.2 Å². The van der Waals surface area contributed by atoms with Crippen LogP contribution in [0.1, 0.15) is 25.5 Å². The Morgan fingerprint density at radius 3 is 2.50 bits per heavy atom. The number of hydrogen-bond acceptors (Lipinski definition) is 3. The van der Waals surface area contributed by atoms with Crippen molar-refractivity contribution in [1.29, 1.82) is 0 Å². The maximum absolute atomic E-state index is 12.7. The number of guanidine groups is 1. The van der Waals surface area contributed by atoms with Crippen molar-refractivity contribution < 1.29 is 21.6 Å². The molecule has 0 saturated carbocycles. The monoisotopic (exact) mass is 423 g/mol. The number of hydrogen-bond donors (Lipinski definition) is 1. The highest BCUT2D eigenvalue weighted by atomic mass is 32.2. The number of rotatable bonds is 6. The maximum Gasteiger partial charge on any atom is 0.511 e. The molecular weight excluding hydrogens is 395 g/mol. The first kappa shape index (κ1) is 22.5. The van der Waals surface area contributed by atoms with E-state index in [9.17, 15) is 21.6 Å². The molecule has 0 unspecified atom stereocenters. The summed E-state index contributed by atoms with van der Waals surface area (Å²) in [5.41, 5.74) is -4.12. The largest absolute Gasteiger partial charge is 0.511 e. The van der Waals surface area contributed by atoms with Crippen LogP contribution >= 0.6 is 0 Å². The number of aromatic nitrogens is 1. The summed E-state index contributed by atoms with van der Waals surface area (Å²) in [7, 11) is -1.34. The first-order chi connectivity index (χ1) is 13.1. The zero-order valence-electron chi connectivity index (χ0n) is 16.4. The molecule has 0 radical (unpaired) electrons. The summed E-state index contributed by atoms with van der Waals surface area (Å²) in [4.78, 5) is 6.60. The fourth-order valence-electron chi connectivity index (χ4n) is 3.14.